The normalized spacial score (nSPS) is 10.9. The van der Waals surface area contributed by atoms with Crippen LogP contribution < -0.4 is 4.74 Å². The van der Waals surface area contributed by atoms with E-state index < -0.39 is 5.97 Å². The zero-order valence-electron chi connectivity index (χ0n) is 14.6. The van der Waals surface area contributed by atoms with Gasteiger partial charge in [-0.05, 0) is 42.6 Å². The molecule has 0 amide bonds. The smallest absolute Gasteiger partial charge is 0.340 e. The van der Waals surface area contributed by atoms with Gasteiger partial charge in [0.05, 0.1) is 23.9 Å². The highest BCUT2D eigenvalue weighted by molar-refractivity contribution is 7.08. The van der Waals surface area contributed by atoms with E-state index >= 15 is 0 Å². The highest BCUT2D eigenvalue weighted by Gasteiger charge is 2.16. The molecule has 0 radical (unpaired) electrons. The molecule has 0 saturated carbocycles. The molecule has 0 spiro atoms. The van der Waals surface area contributed by atoms with Crippen molar-refractivity contribution in [2.24, 2.45) is 0 Å². The summed E-state index contributed by atoms with van der Waals surface area (Å²) in [7, 11) is 1.59. The first kappa shape index (κ1) is 17.2. The third kappa shape index (κ3) is 3.52. The Morgan fingerprint density at radius 2 is 2.11 bits per heavy atom. The van der Waals surface area contributed by atoms with Crippen LogP contribution in [0.3, 0.4) is 0 Å². The summed E-state index contributed by atoms with van der Waals surface area (Å²) in [6.07, 6.45) is 0. The Balaban J connectivity index is 1.51. The van der Waals surface area contributed by atoms with E-state index in [0.717, 1.165) is 16.5 Å². The van der Waals surface area contributed by atoms with Gasteiger partial charge in [-0.1, -0.05) is 5.16 Å². The summed E-state index contributed by atoms with van der Waals surface area (Å²) in [4.78, 5) is 21.2. The number of carbonyl (C=O) groups is 1. The first-order valence-corrected chi connectivity index (χ1v) is 9.06. The van der Waals surface area contributed by atoms with Crippen LogP contribution >= 0.6 is 11.3 Å². The fourth-order valence-electron chi connectivity index (χ4n) is 2.61. The average Bonchev–Trinajstić information content (AvgIpc) is 3.36. The SMILES string of the molecule is COc1ccc2nc(C)c(C(=O)OCc3nc(-c4ccsc4)no3)cc2c1. The van der Waals surface area contributed by atoms with E-state index in [-0.39, 0.29) is 12.5 Å². The molecule has 27 heavy (non-hydrogen) atoms. The monoisotopic (exact) mass is 381 g/mol. The van der Waals surface area contributed by atoms with Crippen molar-refractivity contribution < 1.29 is 18.8 Å². The van der Waals surface area contributed by atoms with Gasteiger partial charge in [0.25, 0.3) is 5.89 Å². The van der Waals surface area contributed by atoms with E-state index in [1.165, 1.54) is 0 Å². The minimum absolute atomic E-state index is 0.106. The standard InChI is InChI=1S/C19H15N3O4S/c1-11-15(8-13-7-14(24-2)3-4-16(13)20-11)19(23)25-9-17-21-18(22-26-17)12-5-6-27-10-12/h3-8,10H,9H2,1-2H3. The van der Waals surface area contributed by atoms with Gasteiger partial charge in [-0.15, -0.1) is 0 Å². The molecular formula is C19H15N3O4S. The van der Waals surface area contributed by atoms with Crippen LogP contribution in [0.2, 0.25) is 0 Å². The molecule has 4 rings (SSSR count). The van der Waals surface area contributed by atoms with E-state index in [1.54, 1.807) is 31.4 Å². The minimum atomic E-state index is -0.500. The number of hydrogen-bond acceptors (Lipinski definition) is 8. The lowest BCUT2D eigenvalue weighted by molar-refractivity contribution is 0.0428. The number of ether oxygens (including phenoxy) is 2. The maximum atomic E-state index is 12.5. The second-order valence-electron chi connectivity index (χ2n) is 5.78. The Morgan fingerprint density at radius 3 is 2.89 bits per heavy atom. The first-order valence-electron chi connectivity index (χ1n) is 8.12. The molecule has 0 saturated heterocycles. The quantitative estimate of drug-likeness (QED) is 0.483. The van der Waals surface area contributed by atoms with Gasteiger partial charge in [0.2, 0.25) is 5.82 Å². The number of hydrogen-bond donors (Lipinski definition) is 0. The number of esters is 1. The van der Waals surface area contributed by atoms with Crippen LogP contribution in [0.5, 0.6) is 5.75 Å². The van der Waals surface area contributed by atoms with Gasteiger partial charge >= 0.3 is 5.97 Å². The third-order valence-electron chi connectivity index (χ3n) is 4.01. The van der Waals surface area contributed by atoms with E-state index in [2.05, 4.69) is 15.1 Å². The van der Waals surface area contributed by atoms with Crippen molar-refractivity contribution in [1.82, 2.24) is 15.1 Å². The number of thiophene rings is 1. The van der Waals surface area contributed by atoms with E-state index in [9.17, 15) is 4.79 Å². The molecule has 0 unspecified atom stereocenters. The minimum Gasteiger partial charge on any atom is -0.497 e. The summed E-state index contributed by atoms with van der Waals surface area (Å²) >= 11 is 1.54. The van der Waals surface area contributed by atoms with E-state index in [1.807, 2.05) is 35.0 Å². The van der Waals surface area contributed by atoms with Crippen LogP contribution in [-0.4, -0.2) is 28.2 Å². The summed E-state index contributed by atoms with van der Waals surface area (Å²) in [6, 6.07) is 9.13. The Bertz CT molecular complexity index is 1110. The second kappa shape index (κ2) is 7.16. The maximum absolute atomic E-state index is 12.5. The van der Waals surface area contributed by atoms with Crippen molar-refractivity contribution in [3.8, 4) is 17.1 Å². The van der Waals surface area contributed by atoms with Crippen molar-refractivity contribution in [3.05, 3.63) is 58.2 Å². The molecule has 0 bridgehead atoms. The highest BCUT2D eigenvalue weighted by Crippen LogP contribution is 2.23. The predicted octanol–water partition coefficient (Wildman–Crippen LogP) is 4.02. The second-order valence-corrected chi connectivity index (χ2v) is 6.56. The largest absolute Gasteiger partial charge is 0.497 e. The summed E-state index contributed by atoms with van der Waals surface area (Å²) < 4.78 is 15.7. The lowest BCUT2D eigenvalue weighted by atomic mass is 10.1. The first-order chi connectivity index (χ1) is 13.1. The van der Waals surface area contributed by atoms with Crippen LogP contribution in [-0.2, 0) is 11.3 Å². The average molecular weight is 381 g/mol. The molecule has 0 N–H and O–H groups in total. The summed E-state index contributed by atoms with van der Waals surface area (Å²) in [5.41, 5.74) is 2.61. The zero-order chi connectivity index (χ0) is 18.8. The van der Waals surface area contributed by atoms with Crippen LogP contribution in [0.4, 0.5) is 0 Å². The van der Waals surface area contributed by atoms with Gasteiger partial charge in [0.15, 0.2) is 6.61 Å². The number of benzene rings is 1. The number of rotatable bonds is 5. The van der Waals surface area contributed by atoms with Crippen LogP contribution in [0.25, 0.3) is 22.3 Å². The fourth-order valence-corrected chi connectivity index (χ4v) is 3.25. The number of aromatic nitrogens is 3. The van der Waals surface area contributed by atoms with Crippen LogP contribution in [0.1, 0.15) is 21.9 Å². The van der Waals surface area contributed by atoms with Crippen molar-refractivity contribution in [2.45, 2.75) is 13.5 Å². The molecule has 1 aromatic carbocycles. The number of methoxy groups -OCH3 is 1. The molecule has 7 nitrogen and oxygen atoms in total. The van der Waals surface area contributed by atoms with Gasteiger partial charge in [-0.2, -0.15) is 16.3 Å². The number of nitrogens with zero attached hydrogens (tertiary/aromatic N) is 3. The predicted molar refractivity (Wildman–Crippen MR) is 99.8 cm³/mol. The Hall–Kier alpha value is -3.26. The molecule has 0 aliphatic carbocycles. The third-order valence-corrected chi connectivity index (χ3v) is 4.69. The number of aryl methyl sites for hydroxylation is 1. The molecule has 0 atom stereocenters. The van der Waals surface area contributed by atoms with Gasteiger partial charge < -0.3 is 14.0 Å². The molecule has 0 aliphatic heterocycles. The van der Waals surface area contributed by atoms with Gasteiger partial charge in [0.1, 0.15) is 5.75 Å². The van der Waals surface area contributed by atoms with Crippen LogP contribution in [0.15, 0.2) is 45.6 Å². The number of fused-ring (bicyclic) bond motifs is 1. The summed E-state index contributed by atoms with van der Waals surface area (Å²) in [6.45, 7) is 1.66. The summed E-state index contributed by atoms with van der Waals surface area (Å²) in [5, 5.41) is 8.53. The topological polar surface area (TPSA) is 87.3 Å². The molecule has 8 heteroatoms. The fraction of sp³-hybridized carbons (Fsp3) is 0.158. The molecule has 0 fully saturated rings. The van der Waals surface area contributed by atoms with Crippen molar-refractivity contribution in [2.75, 3.05) is 7.11 Å². The number of pyridine rings is 1. The van der Waals surface area contributed by atoms with Crippen LogP contribution in [0, 0.1) is 6.92 Å². The van der Waals surface area contributed by atoms with Gasteiger partial charge in [0, 0.05) is 16.3 Å². The van der Waals surface area contributed by atoms with Gasteiger partial charge in [-0.25, -0.2) is 4.79 Å². The van der Waals surface area contributed by atoms with Crippen molar-refractivity contribution >= 4 is 28.2 Å². The highest BCUT2D eigenvalue weighted by atomic mass is 32.1. The Morgan fingerprint density at radius 1 is 1.22 bits per heavy atom. The lowest BCUT2D eigenvalue weighted by Gasteiger charge is -2.08. The van der Waals surface area contributed by atoms with E-state index in [4.69, 9.17) is 14.0 Å². The van der Waals surface area contributed by atoms with Crippen molar-refractivity contribution in [1.29, 1.82) is 0 Å². The summed E-state index contributed by atoms with van der Waals surface area (Å²) in [5.74, 6) is 0.898. The lowest BCUT2D eigenvalue weighted by Crippen LogP contribution is -2.08. The zero-order valence-corrected chi connectivity index (χ0v) is 15.4. The van der Waals surface area contributed by atoms with Gasteiger partial charge in [-0.3, -0.25) is 4.98 Å². The maximum Gasteiger partial charge on any atom is 0.340 e. The molecule has 136 valence electrons. The molecule has 3 heterocycles. The van der Waals surface area contributed by atoms with Crippen molar-refractivity contribution in [3.63, 3.8) is 0 Å². The molecule has 4 aromatic rings. The Kier molecular flexibility index (Phi) is 4.55. The Labute approximate surface area is 158 Å². The molecule has 0 aliphatic rings. The number of carbonyl (C=O) groups excluding carboxylic acids is 1. The molecular weight excluding hydrogens is 366 g/mol. The molecule has 3 aromatic heterocycles. The van der Waals surface area contributed by atoms with E-state index in [0.29, 0.717) is 22.8 Å².